The highest BCUT2D eigenvalue weighted by molar-refractivity contribution is 7.89. The molecule has 0 atom stereocenters. The maximum atomic E-state index is 12.7. The third-order valence-corrected chi connectivity index (χ3v) is 5.18. The Kier molecular flexibility index (Phi) is 4.07. The van der Waals surface area contributed by atoms with E-state index in [2.05, 4.69) is 5.32 Å². The first-order chi connectivity index (χ1) is 9.52. The number of hydrogen-bond acceptors (Lipinski definition) is 3. The first-order valence-corrected chi connectivity index (χ1v) is 7.89. The number of halogens is 3. The standard InChI is InChI=1S/C13H17F3N2O2S/c1-12(2)9-18(7-6-17-12)21(19,20)11-5-3-4-10(8-11)13(14,15)16/h3-5,8,17H,6-7,9H2,1-2H3. The van der Waals surface area contributed by atoms with Crippen molar-refractivity contribution in [2.75, 3.05) is 19.6 Å². The third kappa shape index (κ3) is 3.56. The zero-order valence-electron chi connectivity index (χ0n) is 11.7. The topological polar surface area (TPSA) is 49.4 Å². The molecule has 1 aromatic rings. The number of benzene rings is 1. The molecule has 1 saturated heterocycles. The summed E-state index contributed by atoms with van der Waals surface area (Å²) in [5, 5.41) is 3.16. The van der Waals surface area contributed by atoms with E-state index in [4.69, 9.17) is 0 Å². The van der Waals surface area contributed by atoms with E-state index in [1.807, 2.05) is 13.8 Å². The molecule has 0 aromatic heterocycles. The predicted octanol–water partition coefficient (Wildman–Crippen LogP) is 2.08. The fourth-order valence-electron chi connectivity index (χ4n) is 2.28. The van der Waals surface area contributed by atoms with Gasteiger partial charge in [-0.3, -0.25) is 0 Å². The van der Waals surface area contributed by atoms with Crippen molar-refractivity contribution in [3.05, 3.63) is 29.8 Å². The molecule has 0 aliphatic carbocycles. The Morgan fingerprint density at radius 3 is 2.52 bits per heavy atom. The van der Waals surface area contributed by atoms with Crippen molar-refractivity contribution < 1.29 is 21.6 Å². The monoisotopic (exact) mass is 322 g/mol. The van der Waals surface area contributed by atoms with E-state index in [0.717, 1.165) is 12.1 Å². The van der Waals surface area contributed by atoms with Gasteiger partial charge in [-0.15, -0.1) is 0 Å². The summed E-state index contributed by atoms with van der Waals surface area (Å²) in [7, 11) is -3.92. The van der Waals surface area contributed by atoms with Crippen LogP contribution in [-0.2, 0) is 16.2 Å². The van der Waals surface area contributed by atoms with Crippen molar-refractivity contribution in [1.29, 1.82) is 0 Å². The molecule has 0 radical (unpaired) electrons. The number of alkyl halides is 3. The van der Waals surface area contributed by atoms with Crippen LogP contribution in [0.2, 0.25) is 0 Å². The largest absolute Gasteiger partial charge is 0.416 e. The SMILES string of the molecule is CC1(C)CN(S(=O)(=O)c2cccc(C(F)(F)F)c2)CCN1. The highest BCUT2D eigenvalue weighted by Crippen LogP contribution is 2.31. The number of rotatable bonds is 2. The molecule has 0 unspecified atom stereocenters. The van der Waals surface area contributed by atoms with Gasteiger partial charge in [0.1, 0.15) is 0 Å². The molecule has 0 saturated carbocycles. The second kappa shape index (κ2) is 5.26. The molecular formula is C13H17F3N2O2S. The fraction of sp³-hybridized carbons (Fsp3) is 0.538. The van der Waals surface area contributed by atoms with Crippen LogP contribution in [0.5, 0.6) is 0 Å². The Balaban J connectivity index is 2.36. The van der Waals surface area contributed by atoms with Gasteiger partial charge in [-0.05, 0) is 32.0 Å². The van der Waals surface area contributed by atoms with Crippen molar-refractivity contribution in [3.8, 4) is 0 Å². The summed E-state index contributed by atoms with van der Waals surface area (Å²) in [6, 6.07) is 3.85. The van der Waals surface area contributed by atoms with Gasteiger partial charge in [0.2, 0.25) is 10.0 Å². The molecule has 0 amide bonds. The lowest BCUT2D eigenvalue weighted by Gasteiger charge is -2.38. The molecule has 1 aromatic carbocycles. The van der Waals surface area contributed by atoms with Crippen LogP contribution in [-0.4, -0.2) is 37.9 Å². The van der Waals surface area contributed by atoms with E-state index < -0.39 is 27.3 Å². The minimum Gasteiger partial charge on any atom is -0.309 e. The summed E-state index contributed by atoms with van der Waals surface area (Å²) in [5.74, 6) is 0. The van der Waals surface area contributed by atoms with E-state index in [0.29, 0.717) is 12.6 Å². The molecule has 4 nitrogen and oxygen atoms in total. The van der Waals surface area contributed by atoms with Crippen LogP contribution in [0.4, 0.5) is 13.2 Å². The van der Waals surface area contributed by atoms with Crippen molar-refractivity contribution in [2.24, 2.45) is 0 Å². The highest BCUT2D eigenvalue weighted by Gasteiger charge is 2.36. The van der Waals surface area contributed by atoms with Gasteiger partial charge >= 0.3 is 6.18 Å². The molecule has 8 heteroatoms. The molecule has 1 N–H and O–H groups in total. The second-order valence-electron chi connectivity index (χ2n) is 5.67. The molecular weight excluding hydrogens is 305 g/mol. The maximum absolute atomic E-state index is 12.7. The first kappa shape index (κ1) is 16.3. The summed E-state index contributed by atoms with van der Waals surface area (Å²) in [5.41, 5.74) is -1.37. The minimum absolute atomic E-state index is 0.214. The summed E-state index contributed by atoms with van der Waals surface area (Å²) in [6.45, 7) is 4.61. The molecule has 1 heterocycles. The van der Waals surface area contributed by atoms with Gasteiger partial charge in [0, 0.05) is 25.2 Å². The smallest absolute Gasteiger partial charge is 0.309 e. The Morgan fingerprint density at radius 2 is 1.95 bits per heavy atom. The molecule has 21 heavy (non-hydrogen) atoms. The molecule has 0 spiro atoms. The average Bonchev–Trinajstić information content (AvgIpc) is 2.36. The van der Waals surface area contributed by atoms with Crippen molar-refractivity contribution in [3.63, 3.8) is 0 Å². The van der Waals surface area contributed by atoms with Gasteiger partial charge in [-0.1, -0.05) is 6.07 Å². The van der Waals surface area contributed by atoms with Crippen LogP contribution >= 0.6 is 0 Å². The lowest BCUT2D eigenvalue weighted by atomic mass is 10.0. The molecule has 118 valence electrons. The van der Waals surface area contributed by atoms with E-state index in [1.165, 1.54) is 10.4 Å². The number of hydrogen-bond donors (Lipinski definition) is 1. The van der Waals surface area contributed by atoms with Crippen LogP contribution in [0.15, 0.2) is 29.2 Å². The number of sulfonamides is 1. The van der Waals surface area contributed by atoms with Crippen molar-refractivity contribution in [2.45, 2.75) is 30.5 Å². The van der Waals surface area contributed by atoms with Gasteiger partial charge in [0.05, 0.1) is 10.5 Å². The summed E-state index contributed by atoms with van der Waals surface area (Å²) < 4.78 is 64.3. The molecule has 1 aliphatic rings. The Morgan fingerprint density at radius 1 is 1.29 bits per heavy atom. The Hall–Kier alpha value is -1.12. The Bertz CT molecular complexity index is 627. The summed E-state index contributed by atoms with van der Waals surface area (Å²) in [4.78, 5) is -0.324. The average molecular weight is 322 g/mol. The lowest BCUT2D eigenvalue weighted by molar-refractivity contribution is -0.137. The quantitative estimate of drug-likeness (QED) is 0.907. The van der Waals surface area contributed by atoms with Crippen LogP contribution < -0.4 is 5.32 Å². The zero-order valence-corrected chi connectivity index (χ0v) is 12.6. The van der Waals surface area contributed by atoms with Gasteiger partial charge < -0.3 is 5.32 Å². The number of nitrogens with zero attached hydrogens (tertiary/aromatic N) is 1. The third-order valence-electron chi connectivity index (χ3n) is 3.34. The molecule has 1 aliphatic heterocycles. The maximum Gasteiger partial charge on any atom is 0.416 e. The predicted molar refractivity (Wildman–Crippen MR) is 72.3 cm³/mol. The van der Waals surface area contributed by atoms with Crippen molar-refractivity contribution >= 4 is 10.0 Å². The van der Waals surface area contributed by atoms with E-state index in [9.17, 15) is 21.6 Å². The highest BCUT2D eigenvalue weighted by atomic mass is 32.2. The van der Waals surface area contributed by atoms with Gasteiger partial charge in [0.15, 0.2) is 0 Å². The van der Waals surface area contributed by atoms with Gasteiger partial charge in [-0.2, -0.15) is 17.5 Å². The van der Waals surface area contributed by atoms with Gasteiger partial charge in [0.25, 0.3) is 0 Å². The second-order valence-corrected chi connectivity index (χ2v) is 7.61. The molecule has 1 fully saturated rings. The fourth-order valence-corrected chi connectivity index (χ4v) is 3.93. The molecule has 0 bridgehead atoms. The number of piperazine rings is 1. The zero-order chi connectivity index (χ0) is 15.9. The van der Waals surface area contributed by atoms with Crippen LogP contribution in [0.1, 0.15) is 19.4 Å². The normalized spacial score (nSPS) is 20.4. The Labute approximate surface area is 122 Å². The van der Waals surface area contributed by atoms with Crippen LogP contribution in [0.3, 0.4) is 0 Å². The number of nitrogens with one attached hydrogen (secondary N) is 1. The van der Waals surface area contributed by atoms with E-state index in [-0.39, 0.29) is 18.0 Å². The first-order valence-electron chi connectivity index (χ1n) is 6.45. The van der Waals surface area contributed by atoms with E-state index >= 15 is 0 Å². The summed E-state index contributed by atoms with van der Waals surface area (Å²) in [6.07, 6.45) is -4.56. The van der Waals surface area contributed by atoms with Crippen molar-refractivity contribution in [1.82, 2.24) is 9.62 Å². The van der Waals surface area contributed by atoms with Crippen LogP contribution in [0.25, 0.3) is 0 Å². The minimum atomic E-state index is -4.56. The molecule has 2 rings (SSSR count). The van der Waals surface area contributed by atoms with Gasteiger partial charge in [-0.25, -0.2) is 8.42 Å². The lowest BCUT2D eigenvalue weighted by Crippen LogP contribution is -2.58. The summed E-state index contributed by atoms with van der Waals surface area (Å²) >= 11 is 0. The van der Waals surface area contributed by atoms with Crippen LogP contribution in [0, 0.1) is 0 Å². The van der Waals surface area contributed by atoms with E-state index in [1.54, 1.807) is 0 Å².